The molecule has 0 aromatic rings. The van der Waals surface area contributed by atoms with Gasteiger partial charge in [-0.15, -0.1) is 0 Å². The van der Waals surface area contributed by atoms with Crippen LogP contribution in [0.2, 0.25) is 0 Å². The number of hydrogen-bond acceptors (Lipinski definition) is 3. The molecular formula is C8H10O3. The van der Waals surface area contributed by atoms with Gasteiger partial charge in [-0.2, -0.15) is 0 Å². The molecule has 60 valence electrons. The van der Waals surface area contributed by atoms with Crippen LogP contribution in [0.25, 0.3) is 0 Å². The van der Waals surface area contributed by atoms with Gasteiger partial charge < -0.3 is 15.3 Å². The van der Waals surface area contributed by atoms with Crippen LogP contribution in [0.1, 0.15) is 6.42 Å². The average molecular weight is 154 g/mol. The minimum atomic E-state index is -1.38. The van der Waals surface area contributed by atoms with Gasteiger partial charge in [-0.3, -0.25) is 0 Å². The van der Waals surface area contributed by atoms with Gasteiger partial charge in [-0.1, -0.05) is 18.2 Å². The van der Waals surface area contributed by atoms with E-state index in [1.807, 2.05) is 0 Å². The zero-order chi connectivity index (χ0) is 8.06. The normalized spacial score (nSPS) is 47.7. The third-order valence-electron chi connectivity index (χ3n) is 2.48. The Labute approximate surface area is 64.3 Å². The maximum atomic E-state index is 9.65. The lowest BCUT2D eigenvalue weighted by molar-refractivity contribution is -0.145. The first-order valence-corrected chi connectivity index (χ1v) is 3.62. The van der Waals surface area contributed by atoms with Crippen molar-refractivity contribution in [1.29, 1.82) is 0 Å². The number of rotatable bonds is 0. The largest absolute Gasteiger partial charge is 0.389 e. The lowest BCUT2D eigenvalue weighted by atomic mass is 9.66. The number of allylic oxidation sites excluding steroid dienone is 2. The first-order valence-electron chi connectivity index (χ1n) is 3.62. The molecule has 0 aromatic heterocycles. The lowest BCUT2D eigenvalue weighted by Gasteiger charge is -2.48. The summed E-state index contributed by atoms with van der Waals surface area (Å²) < 4.78 is 0. The molecule has 0 heterocycles. The van der Waals surface area contributed by atoms with E-state index in [1.54, 1.807) is 12.2 Å². The van der Waals surface area contributed by atoms with Gasteiger partial charge in [-0.25, -0.2) is 0 Å². The highest BCUT2D eigenvalue weighted by Crippen LogP contribution is 2.43. The van der Waals surface area contributed by atoms with Crippen LogP contribution in [0.5, 0.6) is 0 Å². The molecule has 2 aliphatic rings. The molecule has 0 radical (unpaired) electrons. The highest BCUT2D eigenvalue weighted by molar-refractivity contribution is 5.40. The highest BCUT2D eigenvalue weighted by Gasteiger charge is 2.54. The van der Waals surface area contributed by atoms with Crippen LogP contribution in [-0.2, 0) is 0 Å². The van der Waals surface area contributed by atoms with E-state index in [4.69, 9.17) is 0 Å². The summed E-state index contributed by atoms with van der Waals surface area (Å²) in [5.74, 6) is 0. The second kappa shape index (κ2) is 1.94. The molecule has 0 spiro atoms. The van der Waals surface area contributed by atoms with Gasteiger partial charge in [0.05, 0.1) is 6.10 Å². The molecule has 0 amide bonds. The Morgan fingerprint density at radius 1 is 1.45 bits per heavy atom. The topological polar surface area (TPSA) is 60.7 Å². The Hall–Kier alpha value is -0.640. The summed E-state index contributed by atoms with van der Waals surface area (Å²) in [6.07, 6.45) is 3.61. The summed E-state index contributed by atoms with van der Waals surface area (Å²) in [5, 5.41) is 28.1. The van der Waals surface area contributed by atoms with Crippen molar-refractivity contribution >= 4 is 0 Å². The van der Waals surface area contributed by atoms with Crippen LogP contribution in [0.4, 0.5) is 0 Å². The third kappa shape index (κ3) is 0.677. The van der Waals surface area contributed by atoms with Crippen molar-refractivity contribution in [3.05, 3.63) is 23.8 Å². The number of fused-ring (bicyclic) bond motifs is 1. The van der Waals surface area contributed by atoms with Crippen LogP contribution in [0.15, 0.2) is 23.8 Å². The van der Waals surface area contributed by atoms with Gasteiger partial charge in [0.25, 0.3) is 0 Å². The van der Waals surface area contributed by atoms with Crippen molar-refractivity contribution in [2.24, 2.45) is 0 Å². The SMILES string of the molecule is OC1C=CC=C2CC(O)C21O. The molecule has 0 aliphatic heterocycles. The molecule has 3 nitrogen and oxygen atoms in total. The molecule has 3 unspecified atom stereocenters. The number of hydrogen-bond donors (Lipinski definition) is 3. The van der Waals surface area contributed by atoms with E-state index in [2.05, 4.69) is 0 Å². The Bertz CT molecular complexity index is 244. The van der Waals surface area contributed by atoms with Crippen LogP contribution in [-0.4, -0.2) is 33.1 Å². The minimum absolute atomic E-state index is 0.470. The number of aliphatic hydroxyl groups excluding tert-OH is 2. The molecule has 3 atom stereocenters. The van der Waals surface area contributed by atoms with E-state index in [-0.39, 0.29) is 0 Å². The fraction of sp³-hybridized carbons (Fsp3) is 0.500. The summed E-state index contributed by atoms with van der Waals surface area (Å²) in [7, 11) is 0. The fourth-order valence-corrected chi connectivity index (χ4v) is 1.62. The summed E-state index contributed by atoms with van der Waals surface area (Å²) in [4.78, 5) is 0. The maximum absolute atomic E-state index is 9.65. The van der Waals surface area contributed by atoms with Crippen molar-refractivity contribution in [1.82, 2.24) is 0 Å². The van der Waals surface area contributed by atoms with Crippen molar-refractivity contribution in [3.63, 3.8) is 0 Å². The first kappa shape index (κ1) is 7.03. The van der Waals surface area contributed by atoms with Crippen molar-refractivity contribution in [3.8, 4) is 0 Å². The fourth-order valence-electron chi connectivity index (χ4n) is 1.62. The number of aliphatic hydroxyl groups is 3. The maximum Gasteiger partial charge on any atom is 0.141 e. The molecule has 1 fully saturated rings. The standard InChI is InChI=1S/C8H10O3/c9-6-3-1-2-5-4-7(10)8(5,6)11/h1-3,6-7,9-11H,4H2. The van der Waals surface area contributed by atoms with Crippen LogP contribution >= 0.6 is 0 Å². The van der Waals surface area contributed by atoms with E-state index < -0.39 is 17.8 Å². The zero-order valence-corrected chi connectivity index (χ0v) is 5.94. The van der Waals surface area contributed by atoms with Crippen molar-refractivity contribution in [2.75, 3.05) is 0 Å². The minimum Gasteiger partial charge on any atom is -0.389 e. The molecule has 0 aromatic carbocycles. The smallest absolute Gasteiger partial charge is 0.141 e. The predicted molar refractivity (Wildman–Crippen MR) is 38.8 cm³/mol. The second-order valence-corrected chi connectivity index (χ2v) is 3.07. The molecule has 0 bridgehead atoms. The molecule has 11 heavy (non-hydrogen) atoms. The Kier molecular flexibility index (Phi) is 1.24. The van der Waals surface area contributed by atoms with E-state index >= 15 is 0 Å². The van der Waals surface area contributed by atoms with Gasteiger partial charge in [0.15, 0.2) is 0 Å². The summed E-state index contributed by atoms with van der Waals surface area (Å²) in [6, 6.07) is 0. The average Bonchev–Trinajstić information content (AvgIpc) is 1.99. The van der Waals surface area contributed by atoms with Gasteiger partial charge in [0.1, 0.15) is 11.7 Å². The van der Waals surface area contributed by atoms with Gasteiger partial charge >= 0.3 is 0 Å². The van der Waals surface area contributed by atoms with E-state index in [0.717, 1.165) is 5.57 Å². The predicted octanol–water partition coefficient (Wildman–Crippen LogP) is -0.661. The Morgan fingerprint density at radius 3 is 2.64 bits per heavy atom. The monoisotopic (exact) mass is 154 g/mol. The second-order valence-electron chi connectivity index (χ2n) is 3.07. The molecule has 2 aliphatic carbocycles. The van der Waals surface area contributed by atoms with E-state index in [1.165, 1.54) is 6.08 Å². The molecule has 0 saturated heterocycles. The van der Waals surface area contributed by atoms with Gasteiger partial charge in [0.2, 0.25) is 0 Å². The summed E-state index contributed by atoms with van der Waals surface area (Å²) >= 11 is 0. The molecule has 3 N–H and O–H groups in total. The van der Waals surface area contributed by atoms with Crippen LogP contribution in [0.3, 0.4) is 0 Å². The molecule has 3 heteroatoms. The van der Waals surface area contributed by atoms with E-state index in [0.29, 0.717) is 6.42 Å². The van der Waals surface area contributed by atoms with Gasteiger partial charge in [-0.05, 0) is 5.57 Å². The third-order valence-corrected chi connectivity index (χ3v) is 2.48. The Balaban J connectivity index is 2.36. The highest BCUT2D eigenvalue weighted by atomic mass is 16.4. The van der Waals surface area contributed by atoms with Crippen LogP contribution < -0.4 is 0 Å². The van der Waals surface area contributed by atoms with Crippen LogP contribution in [0, 0.1) is 0 Å². The molecule has 2 rings (SSSR count). The zero-order valence-electron chi connectivity index (χ0n) is 5.94. The summed E-state index contributed by atoms with van der Waals surface area (Å²) in [5.41, 5.74) is -0.658. The lowest BCUT2D eigenvalue weighted by Crippen LogP contribution is -2.61. The van der Waals surface area contributed by atoms with Gasteiger partial charge in [0, 0.05) is 6.42 Å². The first-order chi connectivity index (χ1) is 5.15. The molecule has 1 saturated carbocycles. The van der Waals surface area contributed by atoms with Crippen molar-refractivity contribution < 1.29 is 15.3 Å². The van der Waals surface area contributed by atoms with Crippen molar-refractivity contribution in [2.45, 2.75) is 24.2 Å². The Morgan fingerprint density at radius 2 is 2.18 bits per heavy atom. The quantitative estimate of drug-likeness (QED) is 0.434. The van der Waals surface area contributed by atoms with E-state index in [9.17, 15) is 15.3 Å². The summed E-state index contributed by atoms with van der Waals surface area (Å²) in [6.45, 7) is 0. The molecular weight excluding hydrogens is 144 g/mol.